The Morgan fingerprint density at radius 3 is 1.34 bits per heavy atom. The summed E-state index contributed by atoms with van der Waals surface area (Å²) in [5.74, 6) is 1.34. The minimum atomic E-state index is -0.116. The van der Waals surface area contributed by atoms with Crippen molar-refractivity contribution in [2.45, 2.75) is 111 Å². The fourth-order valence-corrected chi connectivity index (χ4v) is 12.1. The SMILES string of the molecule is CCCCNC(=O)Nc1cc2c3c(c1)C(c1ccc(C)cc1C)CCN3CCC2c1ccc(C)cc1C.CCN(CC)C(=O)Nc1cc2c3c(c1)C(c1ccccc1)CCN3CCC2c1ccccc1. The van der Waals surface area contributed by atoms with E-state index < -0.39 is 0 Å². The number of benzene rings is 6. The van der Waals surface area contributed by atoms with E-state index in [4.69, 9.17) is 0 Å². The molecule has 0 saturated heterocycles. The van der Waals surface area contributed by atoms with Crippen molar-refractivity contribution in [2.75, 3.05) is 66.2 Å². The lowest BCUT2D eigenvalue weighted by Crippen LogP contribution is -2.38. The molecular formula is C62H74N6O2. The molecule has 4 heterocycles. The fourth-order valence-electron chi connectivity index (χ4n) is 12.1. The van der Waals surface area contributed by atoms with Crippen LogP contribution < -0.4 is 25.8 Å². The lowest BCUT2D eigenvalue weighted by atomic mass is 9.75. The average molecular weight is 935 g/mol. The van der Waals surface area contributed by atoms with Gasteiger partial charge in [-0.1, -0.05) is 122 Å². The average Bonchev–Trinajstić information content (AvgIpc) is 3.36. The van der Waals surface area contributed by atoms with Crippen LogP contribution in [0.15, 0.2) is 121 Å². The smallest absolute Gasteiger partial charge is 0.321 e. The molecule has 3 N–H and O–H groups in total. The van der Waals surface area contributed by atoms with Gasteiger partial charge in [-0.2, -0.15) is 0 Å². The molecule has 4 amide bonds. The summed E-state index contributed by atoms with van der Waals surface area (Å²) < 4.78 is 0. The molecule has 70 heavy (non-hydrogen) atoms. The number of carbonyl (C=O) groups is 2. The Morgan fingerprint density at radius 2 is 0.929 bits per heavy atom. The summed E-state index contributed by atoms with van der Waals surface area (Å²) in [4.78, 5) is 32.7. The summed E-state index contributed by atoms with van der Waals surface area (Å²) in [6.07, 6.45) is 6.43. The Kier molecular flexibility index (Phi) is 15.0. The monoisotopic (exact) mass is 935 g/mol. The van der Waals surface area contributed by atoms with Gasteiger partial charge in [0, 0.05) is 92.2 Å². The summed E-state index contributed by atoms with van der Waals surface area (Å²) in [6.45, 7) is 21.4. The fraction of sp³-hybridized carbons (Fsp3) is 0.387. The molecule has 0 aromatic heterocycles. The first-order valence-corrected chi connectivity index (χ1v) is 26.3. The lowest BCUT2D eigenvalue weighted by molar-refractivity contribution is 0.217. The highest BCUT2D eigenvalue weighted by molar-refractivity contribution is 5.91. The van der Waals surface area contributed by atoms with E-state index in [0.717, 1.165) is 76.1 Å². The van der Waals surface area contributed by atoms with Gasteiger partial charge in [0.15, 0.2) is 0 Å². The largest absolute Gasteiger partial charge is 0.371 e. The topological polar surface area (TPSA) is 80.0 Å². The van der Waals surface area contributed by atoms with Crippen LogP contribution >= 0.6 is 0 Å². The Morgan fingerprint density at radius 1 is 0.514 bits per heavy atom. The number of rotatable bonds is 11. The van der Waals surface area contributed by atoms with Crippen LogP contribution in [0.25, 0.3) is 0 Å². The third-order valence-electron chi connectivity index (χ3n) is 15.6. The number of hydrogen-bond acceptors (Lipinski definition) is 4. The molecule has 0 saturated carbocycles. The van der Waals surface area contributed by atoms with E-state index in [1.54, 1.807) is 0 Å². The van der Waals surface area contributed by atoms with Crippen molar-refractivity contribution in [1.82, 2.24) is 10.2 Å². The zero-order valence-corrected chi connectivity index (χ0v) is 42.7. The molecule has 6 aromatic carbocycles. The van der Waals surface area contributed by atoms with Gasteiger partial charge in [-0.25, -0.2) is 9.59 Å². The number of amides is 4. The standard InChI is InChI=1S/C33H41N3O.C29H33N3O/c1-6-7-14-34-33(37)35-25-19-30-28(26-10-8-21(2)17-23(26)4)12-15-36-16-13-29(31(20-25)32(30)36)27-11-9-22(3)18-24(27)5;1-3-31(4-2)29(33)30-23-19-26-24(21-11-7-5-8-12-21)15-17-32-18-16-25(27(20-23)28(26)32)22-13-9-6-10-14-22/h8-11,17-20,28-29H,6-7,12-16H2,1-5H3,(H2,34,35,37);5-14,19-20,24-25H,3-4,15-18H2,1-2H3,(H,30,33). The van der Waals surface area contributed by atoms with Gasteiger partial charge in [0.25, 0.3) is 0 Å². The molecule has 4 aliphatic heterocycles. The van der Waals surface area contributed by atoms with Crippen LogP contribution in [0.3, 0.4) is 0 Å². The summed E-state index contributed by atoms with van der Waals surface area (Å²) in [5, 5.41) is 9.44. The van der Waals surface area contributed by atoms with Crippen molar-refractivity contribution in [3.63, 3.8) is 0 Å². The number of urea groups is 2. The van der Waals surface area contributed by atoms with E-state index in [2.05, 4.69) is 182 Å². The molecule has 4 unspecified atom stereocenters. The quantitative estimate of drug-likeness (QED) is 0.113. The van der Waals surface area contributed by atoms with Crippen molar-refractivity contribution in [3.8, 4) is 0 Å². The minimum Gasteiger partial charge on any atom is -0.371 e. The summed E-state index contributed by atoms with van der Waals surface area (Å²) in [6, 6.07) is 44.2. The molecule has 10 rings (SSSR count). The van der Waals surface area contributed by atoms with Gasteiger partial charge in [0.1, 0.15) is 0 Å². The van der Waals surface area contributed by atoms with E-state index >= 15 is 0 Å². The molecule has 364 valence electrons. The Hall–Kier alpha value is -6.54. The van der Waals surface area contributed by atoms with Crippen LogP contribution in [0.5, 0.6) is 0 Å². The van der Waals surface area contributed by atoms with Crippen LogP contribution in [0.4, 0.5) is 32.3 Å². The van der Waals surface area contributed by atoms with Crippen LogP contribution in [0.2, 0.25) is 0 Å². The van der Waals surface area contributed by atoms with Crippen molar-refractivity contribution in [2.24, 2.45) is 0 Å². The van der Waals surface area contributed by atoms with E-state index in [0.29, 0.717) is 43.3 Å². The zero-order valence-electron chi connectivity index (χ0n) is 42.7. The third kappa shape index (κ3) is 10.2. The molecule has 0 fully saturated rings. The Balaban J connectivity index is 0.000000175. The van der Waals surface area contributed by atoms with Crippen LogP contribution in [-0.2, 0) is 0 Å². The predicted molar refractivity (Wildman–Crippen MR) is 292 cm³/mol. The number of carbonyl (C=O) groups excluding carboxylic acids is 2. The normalized spacial score (nSPS) is 18.7. The summed E-state index contributed by atoms with van der Waals surface area (Å²) in [5.41, 5.74) is 20.8. The Bertz CT molecular complexity index is 2640. The number of unbranched alkanes of at least 4 members (excludes halogenated alkanes) is 1. The second-order valence-electron chi connectivity index (χ2n) is 20.2. The van der Waals surface area contributed by atoms with Gasteiger partial charge in [-0.05, 0) is 154 Å². The molecule has 0 radical (unpaired) electrons. The first kappa shape index (κ1) is 48.5. The van der Waals surface area contributed by atoms with Crippen LogP contribution in [0, 0.1) is 27.7 Å². The predicted octanol–water partition coefficient (Wildman–Crippen LogP) is 14.2. The second kappa shape index (κ2) is 21.6. The maximum absolute atomic E-state index is 12.9. The molecule has 8 heteroatoms. The molecule has 4 aliphatic rings. The summed E-state index contributed by atoms with van der Waals surface area (Å²) in [7, 11) is 0. The molecular weight excluding hydrogens is 861 g/mol. The highest BCUT2D eigenvalue weighted by Gasteiger charge is 2.37. The summed E-state index contributed by atoms with van der Waals surface area (Å²) >= 11 is 0. The van der Waals surface area contributed by atoms with Crippen molar-refractivity contribution >= 4 is 34.8 Å². The number of hydrogen-bond donors (Lipinski definition) is 3. The first-order chi connectivity index (χ1) is 34.0. The van der Waals surface area contributed by atoms with Crippen LogP contribution in [-0.4, -0.2) is 62.8 Å². The van der Waals surface area contributed by atoms with Crippen molar-refractivity contribution in [1.29, 1.82) is 0 Å². The molecule has 0 spiro atoms. The van der Waals surface area contributed by atoms with Crippen molar-refractivity contribution in [3.05, 3.63) is 188 Å². The maximum atomic E-state index is 12.9. The van der Waals surface area contributed by atoms with Gasteiger partial charge in [-0.15, -0.1) is 0 Å². The van der Waals surface area contributed by atoms with Gasteiger partial charge in [-0.3, -0.25) is 0 Å². The van der Waals surface area contributed by atoms with E-state index in [1.165, 1.54) is 78.1 Å². The third-order valence-corrected chi connectivity index (χ3v) is 15.6. The first-order valence-electron chi connectivity index (χ1n) is 26.3. The van der Waals surface area contributed by atoms with Gasteiger partial charge < -0.3 is 30.7 Å². The number of anilines is 4. The van der Waals surface area contributed by atoms with Crippen molar-refractivity contribution < 1.29 is 9.59 Å². The van der Waals surface area contributed by atoms with Gasteiger partial charge in [0.05, 0.1) is 0 Å². The minimum absolute atomic E-state index is 0.0249. The number of nitrogens with one attached hydrogen (secondary N) is 3. The van der Waals surface area contributed by atoms with Gasteiger partial charge in [0.2, 0.25) is 0 Å². The Labute approximate surface area is 417 Å². The number of nitrogens with zero attached hydrogens (tertiary/aromatic N) is 3. The highest BCUT2D eigenvalue weighted by atomic mass is 16.2. The molecule has 0 aliphatic carbocycles. The molecule has 8 nitrogen and oxygen atoms in total. The van der Waals surface area contributed by atoms with E-state index in [1.807, 2.05) is 18.7 Å². The highest BCUT2D eigenvalue weighted by Crippen LogP contribution is 2.52. The molecule has 4 atom stereocenters. The maximum Gasteiger partial charge on any atom is 0.321 e. The van der Waals surface area contributed by atoms with E-state index in [-0.39, 0.29) is 12.1 Å². The van der Waals surface area contributed by atoms with Crippen LogP contribution in [0.1, 0.15) is 150 Å². The zero-order chi connectivity index (χ0) is 48.9. The van der Waals surface area contributed by atoms with E-state index in [9.17, 15) is 9.59 Å². The second-order valence-corrected chi connectivity index (χ2v) is 20.2. The lowest BCUT2D eigenvalue weighted by Gasteiger charge is -2.44. The number of aryl methyl sites for hydroxylation is 4. The molecule has 0 bridgehead atoms. The van der Waals surface area contributed by atoms with Gasteiger partial charge >= 0.3 is 12.1 Å². The molecule has 6 aromatic rings.